The van der Waals surface area contributed by atoms with E-state index in [0.29, 0.717) is 10.8 Å². The molecule has 1 aromatic heterocycles. The molecule has 0 radical (unpaired) electrons. The molecule has 1 saturated heterocycles. The van der Waals surface area contributed by atoms with Gasteiger partial charge in [-0.1, -0.05) is 25.1 Å². The number of aromatic amines is 1. The molecular formula is C23H28ClF2N2O9P. The molecule has 0 amide bonds. The Morgan fingerprint density at radius 3 is 2.55 bits per heavy atom. The minimum absolute atomic E-state index is 0.164. The van der Waals surface area contributed by atoms with E-state index in [9.17, 15) is 32.8 Å². The number of hydrogen-bond acceptors (Lipinski definition) is 9. The number of alkyl halides is 2. The van der Waals surface area contributed by atoms with Crippen LogP contribution in [0.4, 0.5) is 8.78 Å². The molecule has 2 heterocycles. The fraction of sp³-hybridized carbons (Fsp3) is 0.522. The van der Waals surface area contributed by atoms with Crippen molar-refractivity contribution in [2.24, 2.45) is 5.92 Å². The lowest BCUT2D eigenvalue weighted by Crippen LogP contribution is -2.47. The Morgan fingerprint density at radius 2 is 1.95 bits per heavy atom. The van der Waals surface area contributed by atoms with Gasteiger partial charge in [0.25, 0.3) is 5.56 Å². The molecule has 0 aliphatic carbocycles. The number of halogens is 3. The standard InChI is InChI=1S/C23H28ClF2N2O9P/c1-13(2)35-20(31)14(3)11-38(33,37-15-7-5-4-6-8-15)34-10-17-18(29)23(24,12-25)21(36-17)28-9-16(26)19(30)27-22(28)32/h4-9,13-14,17-18,21,29H,10-12H2,1-3H3,(H,27,30,32)/t14-,17-,18+,21-,23?,38?/m1/s1. The first-order valence-electron chi connectivity index (χ1n) is 11.6. The molecule has 0 saturated carbocycles. The van der Waals surface area contributed by atoms with Gasteiger partial charge in [-0.05, 0) is 26.0 Å². The Balaban J connectivity index is 1.85. The van der Waals surface area contributed by atoms with Crippen LogP contribution in [0.1, 0.15) is 27.0 Å². The van der Waals surface area contributed by atoms with Crippen molar-refractivity contribution in [2.75, 3.05) is 19.4 Å². The lowest BCUT2D eigenvalue weighted by Gasteiger charge is -2.27. The summed E-state index contributed by atoms with van der Waals surface area (Å²) in [5, 5.41) is 10.7. The maximum atomic E-state index is 14.1. The van der Waals surface area contributed by atoms with Crippen LogP contribution in [0.25, 0.3) is 0 Å². The van der Waals surface area contributed by atoms with E-state index >= 15 is 0 Å². The summed E-state index contributed by atoms with van der Waals surface area (Å²) in [7, 11) is -4.14. The molecule has 2 unspecified atom stereocenters. The van der Waals surface area contributed by atoms with Crippen LogP contribution in [0.5, 0.6) is 5.75 Å². The summed E-state index contributed by atoms with van der Waals surface area (Å²) in [6.07, 6.45) is -5.45. The highest BCUT2D eigenvalue weighted by molar-refractivity contribution is 7.54. The number of esters is 1. The van der Waals surface area contributed by atoms with E-state index in [-0.39, 0.29) is 5.75 Å². The number of nitrogens with zero attached hydrogens (tertiary/aromatic N) is 1. The van der Waals surface area contributed by atoms with Gasteiger partial charge in [-0.15, -0.1) is 11.6 Å². The lowest BCUT2D eigenvalue weighted by molar-refractivity contribution is -0.151. The summed E-state index contributed by atoms with van der Waals surface area (Å²) in [6.45, 7) is 2.66. The number of H-pyrrole nitrogens is 1. The van der Waals surface area contributed by atoms with Gasteiger partial charge >= 0.3 is 19.3 Å². The van der Waals surface area contributed by atoms with Gasteiger partial charge in [0.15, 0.2) is 6.23 Å². The molecule has 210 valence electrons. The summed E-state index contributed by atoms with van der Waals surface area (Å²) in [4.78, 5) is 35.4. The molecule has 1 aliphatic heterocycles. The summed E-state index contributed by atoms with van der Waals surface area (Å²) in [5.41, 5.74) is -2.47. The number of hydrogen-bond donors (Lipinski definition) is 2. The molecule has 11 nitrogen and oxygen atoms in total. The topological polar surface area (TPSA) is 146 Å². The second-order valence-corrected chi connectivity index (χ2v) is 11.8. The fourth-order valence-corrected chi connectivity index (χ4v) is 5.89. The van der Waals surface area contributed by atoms with Gasteiger partial charge in [0, 0.05) is 0 Å². The second-order valence-electron chi connectivity index (χ2n) is 9.06. The lowest BCUT2D eigenvalue weighted by atomic mass is 10.00. The van der Waals surface area contributed by atoms with E-state index in [1.165, 1.54) is 19.1 Å². The van der Waals surface area contributed by atoms with Crippen LogP contribution in [-0.2, 0) is 23.4 Å². The molecule has 15 heteroatoms. The van der Waals surface area contributed by atoms with E-state index in [1.54, 1.807) is 37.0 Å². The molecular weight excluding hydrogens is 553 g/mol. The Morgan fingerprint density at radius 1 is 1.29 bits per heavy atom. The van der Waals surface area contributed by atoms with Gasteiger partial charge in [0.05, 0.1) is 31.0 Å². The van der Waals surface area contributed by atoms with Crippen LogP contribution in [0, 0.1) is 11.7 Å². The maximum Gasteiger partial charge on any atom is 0.380 e. The van der Waals surface area contributed by atoms with Crippen molar-refractivity contribution in [3.8, 4) is 5.75 Å². The first-order valence-corrected chi connectivity index (χ1v) is 13.7. The first kappa shape index (κ1) is 30.0. The summed E-state index contributed by atoms with van der Waals surface area (Å²) < 4.78 is 64.0. The highest BCUT2D eigenvalue weighted by Gasteiger charge is 2.57. The number of ether oxygens (including phenoxy) is 2. The zero-order valence-electron chi connectivity index (χ0n) is 20.7. The minimum Gasteiger partial charge on any atom is -0.463 e. The van der Waals surface area contributed by atoms with Gasteiger partial charge in [-0.25, -0.2) is 13.8 Å². The van der Waals surface area contributed by atoms with Crippen molar-refractivity contribution in [2.45, 2.75) is 50.2 Å². The van der Waals surface area contributed by atoms with Crippen molar-refractivity contribution in [3.63, 3.8) is 0 Å². The molecule has 2 N–H and O–H groups in total. The third-order valence-electron chi connectivity index (χ3n) is 5.61. The fourth-order valence-electron chi connectivity index (χ4n) is 3.72. The van der Waals surface area contributed by atoms with Gasteiger partial charge < -0.3 is 19.1 Å². The highest BCUT2D eigenvalue weighted by Crippen LogP contribution is 2.51. The summed E-state index contributed by atoms with van der Waals surface area (Å²) >= 11 is 6.28. The van der Waals surface area contributed by atoms with Crippen LogP contribution in [0.2, 0.25) is 0 Å². The number of para-hydroxylation sites is 1. The van der Waals surface area contributed by atoms with Crippen molar-refractivity contribution in [3.05, 3.63) is 63.2 Å². The number of rotatable bonds is 11. The van der Waals surface area contributed by atoms with Crippen molar-refractivity contribution in [1.82, 2.24) is 9.55 Å². The number of aliphatic hydroxyl groups excluding tert-OH is 1. The van der Waals surface area contributed by atoms with Crippen molar-refractivity contribution < 1.29 is 41.8 Å². The Hall–Kier alpha value is -2.57. The van der Waals surface area contributed by atoms with E-state index in [4.69, 9.17) is 30.1 Å². The third kappa shape index (κ3) is 6.70. The number of benzene rings is 1. The predicted octanol–water partition coefficient (Wildman–Crippen LogP) is 2.76. The van der Waals surface area contributed by atoms with Gasteiger partial charge in [0.1, 0.15) is 29.5 Å². The SMILES string of the molecule is CC(C)OC(=O)[C@H](C)CP(=O)(OC[C@H]1O[C@@H](n2cc(F)c(=O)[nH]c2=O)C(Cl)(CF)[C@H]1O)Oc1ccccc1. The van der Waals surface area contributed by atoms with Crippen LogP contribution in [0.3, 0.4) is 0 Å². The van der Waals surface area contributed by atoms with E-state index in [2.05, 4.69) is 0 Å². The predicted molar refractivity (Wildman–Crippen MR) is 132 cm³/mol. The Kier molecular flexibility index (Phi) is 9.53. The number of nitrogens with one attached hydrogen (secondary N) is 1. The van der Waals surface area contributed by atoms with Gasteiger partial charge in [0.2, 0.25) is 5.82 Å². The minimum atomic E-state index is -4.14. The number of aromatic nitrogens is 2. The van der Waals surface area contributed by atoms with E-state index < -0.39 is 85.4 Å². The van der Waals surface area contributed by atoms with Crippen molar-refractivity contribution >= 4 is 25.2 Å². The van der Waals surface area contributed by atoms with Crippen molar-refractivity contribution in [1.29, 1.82) is 0 Å². The molecule has 1 aromatic carbocycles. The zero-order valence-corrected chi connectivity index (χ0v) is 22.4. The quantitative estimate of drug-likeness (QED) is 0.233. The van der Waals surface area contributed by atoms with Crippen LogP contribution >= 0.6 is 19.2 Å². The third-order valence-corrected chi connectivity index (χ3v) is 8.15. The molecule has 0 bridgehead atoms. The number of aliphatic hydroxyl groups is 1. The zero-order chi connectivity index (χ0) is 28.3. The normalized spacial score (nSPS) is 25.6. The average molecular weight is 581 g/mol. The Bertz CT molecular complexity index is 1290. The van der Waals surface area contributed by atoms with Crippen LogP contribution in [0.15, 0.2) is 46.1 Å². The molecule has 1 aliphatic rings. The first-order chi connectivity index (χ1) is 17.8. The van der Waals surface area contributed by atoms with Crippen LogP contribution in [-0.4, -0.2) is 63.3 Å². The monoisotopic (exact) mass is 580 g/mol. The Labute approximate surface area is 221 Å². The highest BCUT2D eigenvalue weighted by atomic mass is 35.5. The molecule has 38 heavy (non-hydrogen) atoms. The number of carbonyl (C=O) groups excluding carboxylic acids is 1. The smallest absolute Gasteiger partial charge is 0.380 e. The second kappa shape index (κ2) is 12.1. The number of carbonyl (C=O) groups is 1. The van der Waals surface area contributed by atoms with Gasteiger partial charge in [-0.3, -0.25) is 23.7 Å². The molecule has 3 rings (SSSR count). The average Bonchev–Trinajstić information content (AvgIpc) is 3.10. The molecule has 0 spiro atoms. The molecule has 2 aromatic rings. The van der Waals surface area contributed by atoms with E-state index in [0.717, 1.165) is 0 Å². The largest absolute Gasteiger partial charge is 0.463 e. The maximum absolute atomic E-state index is 14.1. The van der Waals surface area contributed by atoms with Crippen LogP contribution < -0.4 is 15.8 Å². The summed E-state index contributed by atoms with van der Waals surface area (Å²) in [6, 6.07) is 7.95. The van der Waals surface area contributed by atoms with E-state index in [1.807, 2.05) is 0 Å². The molecule has 6 atom stereocenters. The summed E-state index contributed by atoms with van der Waals surface area (Å²) in [5.74, 6) is -2.77. The van der Waals surface area contributed by atoms with Gasteiger partial charge in [-0.2, -0.15) is 4.39 Å². The molecule has 1 fully saturated rings.